The van der Waals surface area contributed by atoms with Crippen LogP contribution < -0.4 is 0 Å². The zero-order chi connectivity index (χ0) is 13.0. The first-order valence-corrected chi connectivity index (χ1v) is 7.21. The highest BCUT2D eigenvalue weighted by Gasteiger charge is 2.17. The number of hydrogen-bond donors (Lipinski definition) is 0. The Morgan fingerprint density at radius 2 is 1.76 bits per heavy atom. The molecule has 1 aromatic rings. The van der Waals surface area contributed by atoms with Gasteiger partial charge in [-0.2, -0.15) is 0 Å². The van der Waals surface area contributed by atoms with Crippen LogP contribution in [0.25, 0.3) is 0 Å². The van der Waals surface area contributed by atoms with Gasteiger partial charge in [0.25, 0.3) is 0 Å². The average Bonchev–Trinajstić information content (AvgIpc) is 2.15. The lowest BCUT2D eigenvalue weighted by molar-refractivity contribution is 0.303. The van der Waals surface area contributed by atoms with E-state index in [0.29, 0.717) is 12.1 Å². The number of benzene rings is 1. The number of nitrogens with zero attached hydrogens (tertiary/aromatic N) is 1. The normalized spacial score (nSPS) is 11.0. The molecule has 0 unspecified atom stereocenters. The maximum absolute atomic E-state index is 5.54. The molecule has 0 aliphatic carbocycles. The Kier molecular flexibility index (Phi) is 5.47. The molecule has 0 radical (unpaired) electrons. The summed E-state index contributed by atoms with van der Waals surface area (Å²) in [7, 11) is 0. The number of hydrogen-bond acceptors (Lipinski definition) is 2. The van der Waals surface area contributed by atoms with Gasteiger partial charge >= 0.3 is 0 Å². The molecule has 3 heteroatoms. The van der Waals surface area contributed by atoms with Crippen LogP contribution in [0.3, 0.4) is 0 Å². The fraction of sp³-hybridized carbons (Fsp3) is 0.500. The van der Waals surface area contributed by atoms with Gasteiger partial charge < -0.3 is 4.90 Å². The molecule has 0 aliphatic heterocycles. The molecule has 1 aromatic carbocycles. The molecule has 0 bridgehead atoms. The van der Waals surface area contributed by atoms with E-state index in [1.165, 1.54) is 10.5 Å². The van der Waals surface area contributed by atoms with Crippen molar-refractivity contribution in [2.45, 2.75) is 51.6 Å². The Morgan fingerprint density at radius 3 is 2.24 bits per heavy atom. The fourth-order valence-electron chi connectivity index (χ4n) is 1.85. The summed E-state index contributed by atoms with van der Waals surface area (Å²) >= 11 is 7.22. The molecule has 0 heterocycles. The van der Waals surface area contributed by atoms with E-state index in [9.17, 15) is 0 Å². The monoisotopic (exact) mass is 267 g/mol. The van der Waals surface area contributed by atoms with Gasteiger partial charge in [0.2, 0.25) is 0 Å². The van der Waals surface area contributed by atoms with Crippen molar-refractivity contribution < 1.29 is 0 Å². The second-order valence-corrected chi connectivity index (χ2v) is 6.49. The van der Waals surface area contributed by atoms with E-state index in [4.69, 9.17) is 12.2 Å². The van der Waals surface area contributed by atoms with Crippen molar-refractivity contribution in [2.24, 2.45) is 0 Å². The molecule has 17 heavy (non-hydrogen) atoms. The van der Waals surface area contributed by atoms with Crippen molar-refractivity contribution in [1.82, 2.24) is 4.90 Å². The van der Waals surface area contributed by atoms with Crippen LogP contribution in [0.15, 0.2) is 29.2 Å². The maximum Gasteiger partial charge on any atom is 0.141 e. The van der Waals surface area contributed by atoms with Gasteiger partial charge in [0, 0.05) is 17.0 Å². The third kappa shape index (κ3) is 4.32. The molecule has 0 saturated heterocycles. The van der Waals surface area contributed by atoms with E-state index in [1.807, 2.05) is 0 Å². The lowest BCUT2D eigenvalue weighted by atomic mass is 10.2. The predicted molar refractivity (Wildman–Crippen MR) is 81.7 cm³/mol. The highest BCUT2D eigenvalue weighted by Crippen LogP contribution is 2.25. The average molecular weight is 267 g/mol. The first-order chi connectivity index (χ1) is 7.91. The molecule has 1 rings (SSSR count). The van der Waals surface area contributed by atoms with Crippen LogP contribution in [0.2, 0.25) is 0 Å². The smallest absolute Gasteiger partial charge is 0.141 e. The Labute approximate surface area is 115 Å². The Hall–Kier alpha value is -0.540. The molecule has 1 nitrogen and oxygen atoms in total. The summed E-state index contributed by atoms with van der Waals surface area (Å²) in [4.78, 5) is 3.50. The first-order valence-electron chi connectivity index (χ1n) is 5.98. The zero-order valence-electron chi connectivity index (χ0n) is 11.2. The molecular weight excluding hydrogens is 246 g/mol. The van der Waals surface area contributed by atoms with Gasteiger partial charge in [0.05, 0.1) is 0 Å². The van der Waals surface area contributed by atoms with Crippen molar-refractivity contribution in [3.8, 4) is 0 Å². The van der Waals surface area contributed by atoms with Crippen molar-refractivity contribution in [3.05, 3.63) is 29.8 Å². The topological polar surface area (TPSA) is 3.24 Å². The summed E-state index contributed by atoms with van der Waals surface area (Å²) in [5.74, 6) is 0. The quantitative estimate of drug-likeness (QED) is 0.587. The molecular formula is C14H21NS2. The van der Waals surface area contributed by atoms with Crippen LogP contribution >= 0.6 is 24.0 Å². The highest BCUT2D eigenvalue weighted by atomic mass is 32.2. The van der Waals surface area contributed by atoms with Gasteiger partial charge in [0.1, 0.15) is 4.32 Å². The number of thioether (sulfide) groups is 1. The Morgan fingerprint density at radius 1 is 1.18 bits per heavy atom. The van der Waals surface area contributed by atoms with E-state index < -0.39 is 0 Å². The lowest BCUT2D eigenvalue weighted by Crippen LogP contribution is -2.39. The lowest BCUT2D eigenvalue weighted by Gasteiger charge is -2.32. The predicted octanol–water partition coefficient (Wildman–Crippen LogP) is 4.49. The zero-order valence-corrected chi connectivity index (χ0v) is 12.9. The van der Waals surface area contributed by atoms with Crippen molar-refractivity contribution >= 4 is 28.3 Å². The van der Waals surface area contributed by atoms with Gasteiger partial charge in [-0.05, 0) is 46.8 Å². The van der Waals surface area contributed by atoms with Crippen molar-refractivity contribution in [3.63, 3.8) is 0 Å². The minimum absolute atomic E-state index is 0.444. The van der Waals surface area contributed by atoms with Crippen LogP contribution in [0.5, 0.6) is 0 Å². The molecule has 0 fully saturated rings. The van der Waals surface area contributed by atoms with Crippen LogP contribution in [0, 0.1) is 6.92 Å². The molecule has 0 atom stereocenters. The summed E-state index contributed by atoms with van der Waals surface area (Å²) in [6, 6.07) is 9.36. The van der Waals surface area contributed by atoms with Gasteiger partial charge in [0.15, 0.2) is 0 Å². The summed E-state index contributed by atoms with van der Waals surface area (Å²) < 4.78 is 0.959. The Bertz CT molecular complexity index is 378. The molecule has 94 valence electrons. The first kappa shape index (κ1) is 14.5. The van der Waals surface area contributed by atoms with Gasteiger partial charge in [-0.1, -0.05) is 41.7 Å². The van der Waals surface area contributed by atoms with E-state index in [-0.39, 0.29) is 0 Å². The standard InChI is InChI=1S/C14H21NS2/c1-10(2)15(11(3)4)14(16)17-13-8-6-7-12(5)9-13/h6-11H,1-5H3. The van der Waals surface area contributed by atoms with Crippen molar-refractivity contribution in [1.29, 1.82) is 0 Å². The largest absolute Gasteiger partial charge is 0.352 e. The summed E-state index contributed by atoms with van der Waals surface area (Å²) in [5, 5.41) is 0. The van der Waals surface area contributed by atoms with E-state index in [2.05, 4.69) is 63.8 Å². The maximum atomic E-state index is 5.54. The van der Waals surface area contributed by atoms with Crippen LogP contribution in [0.4, 0.5) is 0 Å². The second kappa shape index (κ2) is 6.41. The molecule has 0 saturated carbocycles. The molecule has 0 aromatic heterocycles. The van der Waals surface area contributed by atoms with Crippen LogP contribution in [-0.4, -0.2) is 21.3 Å². The fourth-order valence-corrected chi connectivity index (χ4v) is 3.68. The van der Waals surface area contributed by atoms with E-state index in [0.717, 1.165) is 4.32 Å². The third-order valence-electron chi connectivity index (χ3n) is 2.52. The summed E-state index contributed by atoms with van der Waals surface area (Å²) in [6.45, 7) is 10.8. The number of thiocarbonyl (C=S) groups is 1. The molecule has 0 amide bonds. The molecule has 0 N–H and O–H groups in total. The highest BCUT2D eigenvalue weighted by molar-refractivity contribution is 8.22. The third-order valence-corrected chi connectivity index (χ3v) is 3.85. The number of aryl methyl sites for hydroxylation is 1. The van der Waals surface area contributed by atoms with Crippen LogP contribution in [-0.2, 0) is 0 Å². The van der Waals surface area contributed by atoms with E-state index in [1.54, 1.807) is 11.8 Å². The van der Waals surface area contributed by atoms with Gasteiger partial charge in [-0.25, -0.2) is 0 Å². The van der Waals surface area contributed by atoms with Gasteiger partial charge in [-0.3, -0.25) is 0 Å². The van der Waals surface area contributed by atoms with Crippen molar-refractivity contribution in [2.75, 3.05) is 0 Å². The summed E-state index contributed by atoms with van der Waals surface area (Å²) in [5.41, 5.74) is 1.28. The summed E-state index contributed by atoms with van der Waals surface area (Å²) in [6.07, 6.45) is 0. The van der Waals surface area contributed by atoms with Gasteiger partial charge in [-0.15, -0.1) is 0 Å². The molecule has 0 aliphatic rings. The van der Waals surface area contributed by atoms with Crippen LogP contribution in [0.1, 0.15) is 33.3 Å². The van der Waals surface area contributed by atoms with E-state index >= 15 is 0 Å². The second-order valence-electron chi connectivity index (χ2n) is 4.78. The minimum atomic E-state index is 0.444. The molecule has 0 spiro atoms. The minimum Gasteiger partial charge on any atom is -0.352 e. The number of rotatable bonds is 3. The SMILES string of the molecule is Cc1cccc(SC(=S)N(C(C)C)C(C)C)c1. The Balaban J connectivity index is 2.77.